The van der Waals surface area contributed by atoms with Crippen LogP contribution in [-0.4, -0.2) is 48.1 Å². The lowest BCUT2D eigenvalue weighted by molar-refractivity contribution is -0.124. The van der Waals surface area contributed by atoms with Gasteiger partial charge in [-0.15, -0.1) is 0 Å². The highest BCUT2D eigenvalue weighted by atomic mass is 16.5. The lowest BCUT2D eigenvalue weighted by Crippen LogP contribution is -2.51. The molecule has 2 heterocycles. The Kier molecular flexibility index (Phi) is 5.71. The van der Waals surface area contributed by atoms with E-state index in [0.29, 0.717) is 17.9 Å². The fraction of sp³-hybridized carbons (Fsp3) is 0.579. The molecule has 3 unspecified atom stereocenters. The second kappa shape index (κ2) is 7.97. The maximum atomic E-state index is 12.9. The summed E-state index contributed by atoms with van der Waals surface area (Å²) in [6.07, 6.45) is 4.32. The predicted octanol–water partition coefficient (Wildman–Crippen LogP) is 2.15. The molecule has 2 amide bonds. The highest BCUT2D eigenvalue weighted by molar-refractivity contribution is 5.98. The van der Waals surface area contributed by atoms with Crippen LogP contribution in [0.25, 0.3) is 0 Å². The van der Waals surface area contributed by atoms with Crippen LogP contribution in [0.3, 0.4) is 0 Å². The third-order valence-electron chi connectivity index (χ3n) is 5.02. The summed E-state index contributed by atoms with van der Waals surface area (Å²) >= 11 is 0. The van der Waals surface area contributed by atoms with E-state index < -0.39 is 0 Å². The van der Waals surface area contributed by atoms with Crippen LogP contribution in [0.4, 0.5) is 5.69 Å². The first-order valence-corrected chi connectivity index (χ1v) is 9.15. The Labute approximate surface area is 148 Å². The number of nitrogens with one attached hydrogen (secondary N) is 1. The van der Waals surface area contributed by atoms with Crippen molar-refractivity contribution in [2.24, 2.45) is 5.73 Å². The summed E-state index contributed by atoms with van der Waals surface area (Å²) in [6, 6.07) is 7.14. The van der Waals surface area contributed by atoms with Crippen LogP contribution < -0.4 is 11.1 Å². The Morgan fingerprint density at radius 3 is 2.84 bits per heavy atom. The monoisotopic (exact) mass is 345 g/mol. The standard InChI is InChI=1S/C19H27N3O3/c1-13(20)16-8-2-3-10-22(16)19(24)14-6-4-7-15(12-14)21-18(23)17-9-5-11-25-17/h4,6-7,12-13,16-17H,2-3,5,8-11,20H2,1H3,(H,21,23). The van der Waals surface area contributed by atoms with Gasteiger partial charge in [-0.05, 0) is 57.2 Å². The zero-order chi connectivity index (χ0) is 17.8. The van der Waals surface area contributed by atoms with Crippen LogP contribution in [0, 0.1) is 0 Å². The van der Waals surface area contributed by atoms with E-state index in [1.165, 1.54) is 0 Å². The van der Waals surface area contributed by atoms with Gasteiger partial charge >= 0.3 is 0 Å². The van der Waals surface area contributed by atoms with Gasteiger partial charge in [0.15, 0.2) is 0 Å². The van der Waals surface area contributed by atoms with E-state index >= 15 is 0 Å². The van der Waals surface area contributed by atoms with Crippen molar-refractivity contribution in [3.63, 3.8) is 0 Å². The molecule has 2 fully saturated rings. The molecule has 2 aliphatic heterocycles. The second-order valence-electron chi connectivity index (χ2n) is 6.99. The summed E-state index contributed by atoms with van der Waals surface area (Å²) in [7, 11) is 0. The lowest BCUT2D eigenvalue weighted by Gasteiger charge is -2.38. The third-order valence-corrected chi connectivity index (χ3v) is 5.02. The van der Waals surface area contributed by atoms with E-state index in [4.69, 9.17) is 10.5 Å². The van der Waals surface area contributed by atoms with Crippen LogP contribution in [0.15, 0.2) is 24.3 Å². The maximum absolute atomic E-state index is 12.9. The third kappa shape index (κ3) is 4.19. The van der Waals surface area contributed by atoms with Crippen molar-refractivity contribution in [1.82, 2.24) is 4.90 Å². The summed E-state index contributed by atoms with van der Waals surface area (Å²) in [6.45, 7) is 3.32. The highest BCUT2D eigenvalue weighted by Crippen LogP contribution is 2.23. The molecule has 25 heavy (non-hydrogen) atoms. The minimum absolute atomic E-state index is 0.0183. The van der Waals surface area contributed by atoms with Crippen molar-refractivity contribution in [2.75, 3.05) is 18.5 Å². The van der Waals surface area contributed by atoms with Crippen LogP contribution in [0.1, 0.15) is 49.4 Å². The molecule has 3 N–H and O–H groups in total. The zero-order valence-electron chi connectivity index (χ0n) is 14.7. The van der Waals surface area contributed by atoms with E-state index in [1.807, 2.05) is 11.8 Å². The molecule has 136 valence electrons. The number of anilines is 1. The van der Waals surface area contributed by atoms with E-state index in [1.54, 1.807) is 24.3 Å². The number of likely N-dealkylation sites (tertiary alicyclic amines) is 1. The van der Waals surface area contributed by atoms with Crippen LogP contribution >= 0.6 is 0 Å². The molecule has 6 heteroatoms. The molecule has 3 rings (SSSR count). The molecule has 1 aromatic carbocycles. The number of ether oxygens (including phenoxy) is 1. The van der Waals surface area contributed by atoms with Crippen molar-refractivity contribution < 1.29 is 14.3 Å². The zero-order valence-corrected chi connectivity index (χ0v) is 14.7. The molecule has 0 spiro atoms. The topological polar surface area (TPSA) is 84.7 Å². The Bertz CT molecular complexity index is 626. The van der Waals surface area contributed by atoms with Gasteiger partial charge in [-0.1, -0.05) is 6.07 Å². The van der Waals surface area contributed by atoms with Gasteiger partial charge in [0.25, 0.3) is 11.8 Å². The van der Waals surface area contributed by atoms with E-state index in [-0.39, 0.29) is 30.0 Å². The number of nitrogens with two attached hydrogens (primary N) is 1. The number of carbonyl (C=O) groups excluding carboxylic acids is 2. The SMILES string of the molecule is CC(N)C1CCCCN1C(=O)c1cccc(NC(=O)C2CCCO2)c1. The largest absolute Gasteiger partial charge is 0.368 e. The van der Waals surface area contributed by atoms with Gasteiger partial charge < -0.3 is 20.7 Å². The Hall–Kier alpha value is -1.92. The van der Waals surface area contributed by atoms with Crippen molar-refractivity contribution >= 4 is 17.5 Å². The molecule has 0 aliphatic carbocycles. The molecule has 0 saturated carbocycles. The molecule has 0 aromatic heterocycles. The molecule has 1 aromatic rings. The summed E-state index contributed by atoms with van der Waals surface area (Å²) in [5.41, 5.74) is 7.28. The molecule has 0 radical (unpaired) electrons. The Morgan fingerprint density at radius 1 is 1.28 bits per heavy atom. The molecule has 6 nitrogen and oxygen atoms in total. The van der Waals surface area contributed by atoms with Gasteiger partial charge in [0, 0.05) is 36.5 Å². The average Bonchev–Trinajstić information content (AvgIpc) is 3.16. The van der Waals surface area contributed by atoms with Crippen LogP contribution in [0.5, 0.6) is 0 Å². The summed E-state index contributed by atoms with van der Waals surface area (Å²) in [5.74, 6) is -0.163. The summed E-state index contributed by atoms with van der Waals surface area (Å²) in [4.78, 5) is 27.0. The van der Waals surface area contributed by atoms with Crippen molar-refractivity contribution in [3.05, 3.63) is 29.8 Å². The number of benzene rings is 1. The molecule has 2 aliphatic rings. The van der Waals surface area contributed by atoms with Crippen LogP contribution in [0.2, 0.25) is 0 Å². The van der Waals surface area contributed by atoms with Gasteiger partial charge in [-0.3, -0.25) is 9.59 Å². The maximum Gasteiger partial charge on any atom is 0.254 e. The second-order valence-corrected chi connectivity index (χ2v) is 6.99. The van der Waals surface area contributed by atoms with E-state index in [0.717, 1.165) is 38.6 Å². The smallest absolute Gasteiger partial charge is 0.254 e. The minimum atomic E-state index is -0.385. The van der Waals surface area contributed by atoms with Gasteiger partial charge in [-0.25, -0.2) is 0 Å². The van der Waals surface area contributed by atoms with Crippen molar-refractivity contribution in [3.8, 4) is 0 Å². The van der Waals surface area contributed by atoms with E-state index in [2.05, 4.69) is 5.32 Å². The minimum Gasteiger partial charge on any atom is -0.368 e. The van der Waals surface area contributed by atoms with Gasteiger partial charge in [0.05, 0.1) is 0 Å². The van der Waals surface area contributed by atoms with Crippen molar-refractivity contribution in [2.45, 2.75) is 57.2 Å². The number of amides is 2. The molecule has 0 bridgehead atoms. The number of rotatable bonds is 4. The molecular formula is C19H27N3O3. The summed E-state index contributed by atoms with van der Waals surface area (Å²) in [5, 5.41) is 2.86. The average molecular weight is 345 g/mol. The number of hydrogen-bond acceptors (Lipinski definition) is 4. The molecule has 2 saturated heterocycles. The fourth-order valence-corrected chi connectivity index (χ4v) is 3.66. The summed E-state index contributed by atoms with van der Waals surface area (Å²) < 4.78 is 5.40. The predicted molar refractivity (Wildman–Crippen MR) is 96.4 cm³/mol. The quantitative estimate of drug-likeness (QED) is 0.876. The van der Waals surface area contributed by atoms with Crippen molar-refractivity contribution in [1.29, 1.82) is 0 Å². The first-order valence-electron chi connectivity index (χ1n) is 9.15. The first kappa shape index (κ1) is 17.9. The normalized spacial score (nSPS) is 24.8. The Balaban J connectivity index is 1.71. The van der Waals surface area contributed by atoms with E-state index in [9.17, 15) is 9.59 Å². The first-order chi connectivity index (χ1) is 12.1. The fourth-order valence-electron chi connectivity index (χ4n) is 3.66. The highest BCUT2D eigenvalue weighted by Gasteiger charge is 2.30. The number of carbonyl (C=O) groups is 2. The number of hydrogen-bond donors (Lipinski definition) is 2. The lowest BCUT2D eigenvalue weighted by atomic mass is 9.96. The molecule has 3 atom stereocenters. The number of piperidine rings is 1. The Morgan fingerprint density at radius 2 is 2.12 bits per heavy atom. The van der Waals surface area contributed by atoms with Gasteiger partial charge in [0.1, 0.15) is 6.10 Å². The molecular weight excluding hydrogens is 318 g/mol. The van der Waals surface area contributed by atoms with Gasteiger partial charge in [-0.2, -0.15) is 0 Å². The van der Waals surface area contributed by atoms with Gasteiger partial charge in [0.2, 0.25) is 0 Å². The van der Waals surface area contributed by atoms with Crippen LogP contribution in [-0.2, 0) is 9.53 Å². The number of nitrogens with zero attached hydrogens (tertiary/aromatic N) is 1.